The Balaban J connectivity index is 2.60. The van der Waals surface area contributed by atoms with Gasteiger partial charge in [0.25, 0.3) is 0 Å². The maximum absolute atomic E-state index is 4.80. The van der Waals surface area contributed by atoms with Crippen LogP contribution in [0.2, 0.25) is 0 Å². The highest BCUT2D eigenvalue weighted by Crippen LogP contribution is 2.29. The molecule has 112 valence electrons. The molecule has 0 aliphatic carbocycles. The number of nitrogens with zero attached hydrogens (tertiary/aromatic N) is 2. The fourth-order valence-corrected chi connectivity index (χ4v) is 2.74. The normalized spacial score (nSPS) is 11.0. The Bertz CT molecular complexity index is 618. The lowest BCUT2D eigenvalue weighted by Gasteiger charge is -2.17. The average Bonchev–Trinajstić information content (AvgIpc) is 2.46. The molecule has 0 saturated carbocycles. The number of hydrogen-bond donors (Lipinski definition) is 1. The van der Waals surface area contributed by atoms with Crippen molar-refractivity contribution in [3.63, 3.8) is 0 Å². The van der Waals surface area contributed by atoms with Gasteiger partial charge in [0.2, 0.25) is 0 Å². The monoisotopic (exact) mass is 283 g/mol. The molecule has 21 heavy (non-hydrogen) atoms. The van der Waals surface area contributed by atoms with E-state index in [2.05, 4.69) is 64.2 Å². The van der Waals surface area contributed by atoms with Crippen molar-refractivity contribution in [3.8, 4) is 11.4 Å². The Kier molecular flexibility index (Phi) is 4.94. The smallest absolute Gasteiger partial charge is 0.162 e. The molecule has 0 amide bonds. The van der Waals surface area contributed by atoms with Crippen molar-refractivity contribution in [2.75, 3.05) is 11.9 Å². The van der Waals surface area contributed by atoms with E-state index in [0.29, 0.717) is 5.92 Å². The lowest BCUT2D eigenvalue weighted by molar-refractivity contribution is 0.831. The number of rotatable bonds is 5. The Morgan fingerprint density at radius 1 is 1.10 bits per heavy atom. The molecule has 1 aromatic carbocycles. The maximum Gasteiger partial charge on any atom is 0.162 e. The minimum Gasteiger partial charge on any atom is -0.370 e. The van der Waals surface area contributed by atoms with E-state index in [4.69, 9.17) is 9.97 Å². The molecule has 0 bridgehead atoms. The molecule has 1 N–H and O–H groups in total. The molecular formula is C18H25N3. The lowest BCUT2D eigenvalue weighted by atomic mass is 10.0. The Labute approximate surface area is 127 Å². The van der Waals surface area contributed by atoms with Crippen LogP contribution in [0.5, 0.6) is 0 Å². The van der Waals surface area contributed by atoms with E-state index >= 15 is 0 Å². The zero-order chi connectivity index (χ0) is 15.4. The summed E-state index contributed by atoms with van der Waals surface area (Å²) in [5.74, 6) is 2.21. The number of nitrogens with one attached hydrogen (secondary N) is 1. The standard InChI is InChI=1S/C18H25N3/c1-6-14-10-8-9-11-15(14)17-20-13(5)16(12(3)4)18(21-17)19-7-2/h8-12H,6-7H2,1-5H3,(H,19,20,21). The summed E-state index contributed by atoms with van der Waals surface area (Å²) >= 11 is 0. The van der Waals surface area contributed by atoms with Crippen molar-refractivity contribution in [2.24, 2.45) is 0 Å². The zero-order valence-corrected chi connectivity index (χ0v) is 13.7. The predicted octanol–water partition coefficient (Wildman–Crippen LogP) is 4.57. The van der Waals surface area contributed by atoms with Gasteiger partial charge in [0.1, 0.15) is 5.82 Å². The molecule has 0 unspecified atom stereocenters. The number of aromatic nitrogens is 2. The number of hydrogen-bond acceptors (Lipinski definition) is 3. The molecule has 0 aliphatic heterocycles. The first-order valence-electron chi connectivity index (χ1n) is 7.79. The van der Waals surface area contributed by atoms with Crippen molar-refractivity contribution in [2.45, 2.75) is 47.0 Å². The molecule has 0 radical (unpaired) electrons. The Hall–Kier alpha value is -1.90. The lowest BCUT2D eigenvalue weighted by Crippen LogP contribution is -2.10. The van der Waals surface area contributed by atoms with Crippen LogP contribution in [0.15, 0.2) is 24.3 Å². The van der Waals surface area contributed by atoms with Crippen LogP contribution in [-0.2, 0) is 6.42 Å². The van der Waals surface area contributed by atoms with Gasteiger partial charge in [-0.1, -0.05) is 45.0 Å². The van der Waals surface area contributed by atoms with Crippen molar-refractivity contribution < 1.29 is 0 Å². The molecule has 2 rings (SSSR count). The highest BCUT2D eigenvalue weighted by Gasteiger charge is 2.16. The van der Waals surface area contributed by atoms with Crippen molar-refractivity contribution in [1.29, 1.82) is 0 Å². The fraction of sp³-hybridized carbons (Fsp3) is 0.444. The van der Waals surface area contributed by atoms with Crippen LogP contribution >= 0.6 is 0 Å². The number of aryl methyl sites for hydroxylation is 2. The summed E-state index contributed by atoms with van der Waals surface area (Å²) in [4.78, 5) is 9.57. The quantitative estimate of drug-likeness (QED) is 0.873. The van der Waals surface area contributed by atoms with Gasteiger partial charge in [0.05, 0.1) is 0 Å². The van der Waals surface area contributed by atoms with Gasteiger partial charge in [0.15, 0.2) is 5.82 Å². The highest BCUT2D eigenvalue weighted by atomic mass is 15.0. The average molecular weight is 283 g/mol. The first-order valence-corrected chi connectivity index (χ1v) is 7.79. The van der Waals surface area contributed by atoms with Gasteiger partial charge >= 0.3 is 0 Å². The highest BCUT2D eigenvalue weighted by molar-refractivity contribution is 5.64. The van der Waals surface area contributed by atoms with Crippen LogP contribution in [0.3, 0.4) is 0 Å². The maximum atomic E-state index is 4.80. The molecule has 2 aromatic rings. The molecule has 1 heterocycles. The predicted molar refractivity (Wildman–Crippen MR) is 89.8 cm³/mol. The Morgan fingerprint density at radius 2 is 1.81 bits per heavy atom. The van der Waals surface area contributed by atoms with Crippen LogP contribution in [-0.4, -0.2) is 16.5 Å². The van der Waals surface area contributed by atoms with Gasteiger partial charge < -0.3 is 5.32 Å². The minimum absolute atomic E-state index is 0.412. The van der Waals surface area contributed by atoms with E-state index in [1.165, 1.54) is 11.1 Å². The molecule has 0 atom stereocenters. The molecule has 0 saturated heterocycles. The van der Waals surface area contributed by atoms with Crippen LogP contribution in [0.4, 0.5) is 5.82 Å². The molecule has 0 aliphatic rings. The van der Waals surface area contributed by atoms with Crippen LogP contribution in [0, 0.1) is 6.92 Å². The SMILES string of the molecule is CCNc1nc(-c2ccccc2CC)nc(C)c1C(C)C. The summed E-state index contributed by atoms with van der Waals surface area (Å²) in [6, 6.07) is 8.38. The van der Waals surface area contributed by atoms with Gasteiger partial charge in [-0.2, -0.15) is 0 Å². The van der Waals surface area contributed by atoms with Gasteiger partial charge in [-0.25, -0.2) is 9.97 Å². The van der Waals surface area contributed by atoms with E-state index in [1.807, 2.05) is 0 Å². The van der Waals surface area contributed by atoms with E-state index in [1.54, 1.807) is 0 Å². The first kappa shape index (κ1) is 15.5. The van der Waals surface area contributed by atoms with Gasteiger partial charge in [-0.3, -0.25) is 0 Å². The second kappa shape index (κ2) is 6.70. The fourth-order valence-electron chi connectivity index (χ4n) is 2.74. The second-order valence-electron chi connectivity index (χ2n) is 5.59. The number of benzene rings is 1. The van der Waals surface area contributed by atoms with Crippen molar-refractivity contribution in [1.82, 2.24) is 9.97 Å². The van der Waals surface area contributed by atoms with E-state index in [-0.39, 0.29) is 0 Å². The topological polar surface area (TPSA) is 37.8 Å². The molecular weight excluding hydrogens is 258 g/mol. The molecule has 1 aromatic heterocycles. The third-order valence-corrected chi connectivity index (χ3v) is 3.70. The summed E-state index contributed by atoms with van der Waals surface area (Å²) in [7, 11) is 0. The third-order valence-electron chi connectivity index (χ3n) is 3.70. The summed E-state index contributed by atoms with van der Waals surface area (Å²) in [5.41, 5.74) is 4.71. The molecule has 3 heteroatoms. The van der Waals surface area contributed by atoms with Crippen LogP contribution < -0.4 is 5.32 Å². The summed E-state index contributed by atoms with van der Waals surface area (Å²) in [6.45, 7) is 11.6. The van der Waals surface area contributed by atoms with Gasteiger partial charge in [-0.15, -0.1) is 0 Å². The summed E-state index contributed by atoms with van der Waals surface area (Å²) < 4.78 is 0. The molecule has 0 fully saturated rings. The molecule has 3 nitrogen and oxygen atoms in total. The van der Waals surface area contributed by atoms with Crippen LogP contribution in [0.1, 0.15) is 50.4 Å². The van der Waals surface area contributed by atoms with Crippen LogP contribution in [0.25, 0.3) is 11.4 Å². The van der Waals surface area contributed by atoms with Crippen molar-refractivity contribution >= 4 is 5.82 Å². The second-order valence-corrected chi connectivity index (χ2v) is 5.59. The third kappa shape index (κ3) is 3.23. The largest absolute Gasteiger partial charge is 0.370 e. The molecule has 0 spiro atoms. The summed E-state index contributed by atoms with van der Waals surface area (Å²) in [5, 5.41) is 3.39. The summed E-state index contributed by atoms with van der Waals surface area (Å²) in [6.07, 6.45) is 0.987. The van der Waals surface area contributed by atoms with E-state index < -0.39 is 0 Å². The minimum atomic E-state index is 0.412. The number of anilines is 1. The van der Waals surface area contributed by atoms with Gasteiger partial charge in [0, 0.05) is 23.4 Å². The zero-order valence-electron chi connectivity index (χ0n) is 13.7. The first-order chi connectivity index (χ1) is 10.1. The van der Waals surface area contributed by atoms with Crippen molar-refractivity contribution in [3.05, 3.63) is 41.1 Å². The van der Waals surface area contributed by atoms with E-state index in [0.717, 1.165) is 35.9 Å². The Morgan fingerprint density at radius 3 is 2.43 bits per heavy atom. The van der Waals surface area contributed by atoms with E-state index in [9.17, 15) is 0 Å². The van der Waals surface area contributed by atoms with Gasteiger partial charge in [-0.05, 0) is 31.7 Å².